The summed E-state index contributed by atoms with van der Waals surface area (Å²) in [5, 5.41) is 0. The average Bonchev–Trinajstić information content (AvgIpc) is 2.82. The Kier molecular flexibility index (Phi) is 2.58. The number of rotatable bonds is 1. The van der Waals surface area contributed by atoms with Crippen molar-refractivity contribution in [3.63, 3.8) is 0 Å². The van der Waals surface area contributed by atoms with E-state index in [-0.39, 0.29) is 0 Å². The van der Waals surface area contributed by atoms with Gasteiger partial charge in [-0.3, -0.25) is 0 Å². The van der Waals surface area contributed by atoms with Crippen molar-refractivity contribution in [2.75, 3.05) is 6.61 Å². The topological polar surface area (TPSA) is 9.23 Å². The van der Waals surface area contributed by atoms with E-state index in [0.29, 0.717) is 11.0 Å². The molecule has 1 spiro atoms. The zero-order valence-corrected chi connectivity index (χ0v) is 10.9. The highest BCUT2D eigenvalue weighted by Gasteiger charge is 2.50. The monoisotopic (exact) mass is 222 g/mol. The van der Waals surface area contributed by atoms with Gasteiger partial charge in [-0.05, 0) is 49.4 Å². The SMILES string of the molecule is CCC1(C)CCC2(C[C@H]3CCC[C@H]3C2)OC1. The van der Waals surface area contributed by atoms with Crippen molar-refractivity contribution in [3.05, 3.63) is 0 Å². The standard InChI is InChI=1S/C15H26O/c1-3-14(2)7-8-15(16-11-14)9-12-5-4-6-13(12)10-15/h12-13H,3-11H2,1-2H3/t12-,13+,14?,15?. The van der Waals surface area contributed by atoms with E-state index in [4.69, 9.17) is 4.74 Å². The van der Waals surface area contributed by atoms with E-state index < -0.39 is 0 Å². The molecule has 2 unspecified atom stereocenters. The third-order valence-corrected chi connectivity index (χ3v) is 5.85. The molecule has 1 heterocycles. The van der Waals surface area contributed by atoms with Gasteiger partial charge < -0.3 is 4.74 Å². The molecule has 4 atom stereocenters. The molecule has 1 aliphatic heterocycles. The predicted molar refractivity (Wildman–Crippen MR) is 66.4 cm³/mol. The zero-order valence-electron chi connectivity index (χ0n) is 10.9. The van der Waals surface area contributed by atoms with Gasteiger partial charge in [-0.2, -0.15) is 0 Å². The minimum absolute atomic E-state index is 0.324. The van der Waals surface area contributed by atoms with Crippen LogP contribution in [0, 0.1) is 17.3 Å². The Morgan fingerprint density at radius 1 is 1.12 bits per heavy atom. The molecule has 2 saturated carbocycles. The number of hydrogen-bond donors (Lipinski definition) is 0. The maximum absolute atomic E-state index is 6.37. The van der Waals surface area contributed by atoms with Crippen LogP contribution in [0.2, 0.25) is 0 Å². The first-order valence-electron chi connectivity index (χ1n) is 7.29. The van der Waals surface area contributed by atoms with Gasteiger partial charge >= 0.3 is 0 Å². The maximum atomic E-state index is 6.37. The Hall–Kier alpha value is -0.0400. The third kappa shape index (κ3) is 1.72. The summed E-state index contributed by atoms with van der Waals surface area (Å²) in [6, 6.07) is 0. The van der Waals surface area contributed by atoms with E-state index in [9.17, 15) is 0 Å². The molecular formula is C15H26O. The fourth-order valence-electron chi connectivity index (χ4n) is 4.29. The van der Waals surface area contributed by atoms with Gasteiger partial charge in [-0.25, -0.2) is 0 Å². The van der Waals surface area contributed by atoms with Gasteiger partial charge in [-0.1, -0.05) is 33.1 Å². The molecule has 0 aromatic heterocycles. The first kappa shape index (κ1) is 11.1. The average molecular weight is 222 g/mol. The summed E-state index contributed by atoms with van der Waals surface area (Å²) in [5.41, 5.74) is 0.799. The van der Waals surface area contributed by atoms with Crippen LogP contribution in [0.3, 0.4) is 0 Å². The quantitative estimate of drug-likeness (QED) is 0.647. The number of fused-ring (bicyclic) bond motifs is 1. The highest BCUT2D eigenvalue weighted by atomic mass is 16.5. The molecule has 1 nitrogen and oxygen atoms in total. The van der Waals surface area contributed by atoms with Crippen molar-refractivity contribution < 1.29 is 4.74 Å². The number of hydrogen-bond acceptors (Lipinski definition) is 1. The van der Waals surface area contributed by atoms with Crippen LogP contribution in [0.4, 0.5) is 0 Å². The van der Waals surface area contributed by atoms with E-state index in [1.807, 2.05) is 0 Å². The van der Waals surface area contributed by atoms with Crippen LogP contribution in [0.1, 0.15) is 65.2 Å². The minimum Gasteiger partial charge on any atom is -0.374 e. The summed E-state index contributed by atoms with van der Waals surface area (Å²) in [6.45, 7) is 5.73. The van der Waals surface area contributed by atoms with Crippen molar-refractivity contribution in [2.45, 2.75) is 70.8 Å². The van der Waals surface area contributed by atoms with Crippen molar-refractivity contribution in [1.82, 2.24) is 0 Å². The van der Waals surface area contributed by atoms with E-state index >= 15 is 0 Å². The van der Waals surface area contributed by atoms with Crippen molar-refractivity contribution in [1.29, 1.82) is 0 Å². The van der Waals surface area contributed by atoms with Crippen LogP contribution in [0.15, 0.2) is 0 Å². The molecule has 0 bridgehead atoms. The Morgan fingerprint density at radius 3 is 2.31 bits per heavy atom. The lowest BCUT2D eigenvalue weighted by Crippen LogP contribution is -2.42. The number of ether oxygens (including phenoxy) is 1. The van der Waals surface area contributed by atoms with Crippen molar-refractivity contribution in [2.24, 2.45) is 17.3 Å². The van der Waals surface area contributed by atoms with Gasteiger partial charge in [0, 0.05) is 0 Å². The highest BCUT2D eigenvalue weighted by molar-refractivity contribution is 5.01. The molecule has 2 aliphatic carbocycles. The summed E-state index contributed by atoms with van der Waals surface area (Å²) < 4.78 is 6.37. The van der Waals surface area contributed by atoms with Crippen LogP contribution in [0.5, 0.6) is 0 Å². The molecule has 0 aromatic carbocycles. The van der Waals surface area contributed by atoms with Gasteiger partial charge in [0.05, 0.1) is 12.2 Å². The highest BCUT2D eigenvalue weighted by Crippen LogP contribution is 2.54. The molecule has 0 amide bonds. The summed E-state index contributed by atoms with van der Waals surface area (Å²) in [4.78, 5) is 0. The minimum atomic E-state index is 0.324. The van der Waals surface area contributed by atoms with Crippen LogP contribution in [-0.2, 0) is 4.74 Å². The van der Waals surface area contributed by atoms with E-state index in [2.05, 4.69) is 13.8 Å². The summed E-state index contributed by atoms with van der Waals surface area (Å²) >= 11 is 0. The normalized spacial score (nSPS) is 52.1. The summed E-state index contributed by atoms with van der Waals surface area (Å²) in [5.74, 6) is 2.04. The van der Waals surface area contributed by atoms with Crippen LogP contribution in [0.25, 0.3) is 0 Å². The van der Waals surface area contributed by atoms with Gasteiger partial charge in [-0.15, -0.1) is 0 Å². The fourth-order valence-corrected chi connectivity index (χ4v) is 4.29. The molecule has 1 heteroatoms. The first-order valence-corrected chi connectivity index (χ1v) is 7.29. The molecule has 3 rings (SSSR count). The van der Waals surface area contributed by atoms with Gasteiger partial charge in [0.25, 0.3) is 0 Å². The predicted octanol–water partition coefficient (Wildman–Crippen LogP) is 4.16. The van der Waals surface area contributed by atoms with Gasteiger partial charge in [0.2, 0.25) is 0 Å². The second-order valence-electron chi connectivity index (χ2n) is 7.00. The first-order chi connectivity index (χ1) is 7.65. The summed E-state index contributed by atoms with van der Waals surface area (Å²) in [7, 11) is 0. The molecule has 0 aromatic rings. The Labute approximate surface area is 99.9 Å². The van der Waals surface area contributed by atoms with E-state index in [1.165, 1.54) is 51.4 Å². The van der Waals surface area contributed by atoms with Gasteiger partial charge in [0.15, 0.2) is 0 Å². The molecule has 1 saturated heterocycles. The lowest BCUT2D eigenvalue weighted by molar-refractivity contribution is -0.129. The molecular weight excluding hydrogens is 196 g/mol. The summed E-state index contributed by atoms with van der Waals surface area (Å²) in [6.07, 6.45) is 11.2. The van der Waals surface area contributed by atoms with Crippen molar-refractivity contribution in [3.8, 4) is 0 Å². The molecule has 0 N–H and O–H groups in total. The zero-order chi connectivity index (χ0) is 11.2. The Bertz CT molecular complexity index is 249. The fraction of sp³-hybridized carbons (Fsp3) is 1.00. The maximum Gasteiger partial charge on any atom is 0.0688 e. The Balaban J connectivity index is 1.65. The van der Waals surface area contributed by atoms with Crippen molar-refractivity contribution >= 4 is 0 Å². The largest absolute Gasteiger partial charge is 0.374 e. The van der Waals surface area contributed by atoms with Crippen LogP contribution in [-0.4, -0.2) is 12.2 Å². The third-order valence-electron chi connectivity index (χ3n) is 5.85. The van der Waals surface area contributed by atoms with Crippen LogP contribution < -0.4 is 0 Å². The van der Waals surface area contributed by atoms with Gasteiger partial charge in [0.1, 0.15) is 0 Å². The van der Waals surface area contributed by atoms with E-state index in [0.717, 1.165) is 18.4 Å². The smallest absolute Gasteiger partial charge is 0.0688 e. The molecule has 3 aliphatic rings. The molecule has 0 radical (unpaired) electrons. The second kappa shape index (κ2) is 3.73. The van der Waals surface area contributed by atoms with Crippen LogP contribution >= 0.6 is 0 Å². The Morgan fingerprint density at radius 2 is 1.81 bits per heavy atom. The molecule has 3 fully saturated rings. The van der Waals surface area contributed by atoms with E-state index in [1.54, 1.807) is 0 Å². The molecule has 92 valence electrons. The second-order valence-corrected chi connectivity index (χ2v) is 7.00. The molecule has 16 heavy (non-hydrogen) atoms. The lowest BCUT2D eigenvalue weighted by atomic mass is 9.76. The lowest BCUT2D eigenvalue weighted by Gasteiger charge is -2.43.